The first-order valence-electron chi connectivity index (χ1n) is 9.37. The van der Waals surface area contributed by atoms with Crippen molar-refractivity contribution in [3.63, 3.8) is 0 Å². The molecule has 5 aliphatic rings. The van der Waals surface area contributed by atoms with Gasteiger partial charge in [0.25, 0.3) is 0 Å². The van der Waals surface area contributed by atoms with E-state index >= 15 is 0 Å². The minimum absolute atomic E-state index is 0.608. The molecule has 0 aromatic rings. The molecule has 0 heteroatoms. The van der Waals surface area contributed by atoms with Crippen LogP contribution in [0, 0.1) is 39.9 Å². The molecule has 5 saturated carbocycles. The fourth-order valence-corrected chi connectivity index (χ4v) is 7.99. The molecular formula is C20H34. The van der Waals surface area contributed by atoms with E-state index in [0.717, 1.165) is 29.1 Å². The highest BCUT2D eigenvalue weighted by atomic mass is 14.7. The topological polar surface area (TPSA) is 0 Å². The molecule has 0 radical (unpaired) electrons. The quantitative estimate of drug-likeness (QED) is 0.504. The Morgan fingerprint density at radius 3 is 2.35 bits per heavy atom. The Morgan fingerprint density at radius 1 is 0.850 bits per heavy atom. The predicted molar refractivity (Wildman–Crippen MR) is 85.5 cm³/mol. The maximum absolute atomic E-state index is 2.72. The third-order valence-electron chi connectivity index (χ3n) is 8.83. The minimum Gasteiger partial charge on any atom is -0.0622 e. The highest BCUT2D eigenvalue weighted by molar-refractivity contribution is 5.12. The number of hydrogen-bond donors (Lipinski definition) is 0. The molecule has 6 atom stereocenters. The molecule has 0 aliphatic heterocycles. The van der Waals surface area contributed by atoms with Crippen LogP contribution in [0.5, 0.6) is 0 Å². The zero-order valence-corrected chi connectivity index (χ0v) is 14.2. The summed E-state index contributed by atoms with van der Waals surface area (Å²) in [6.07, 6.45) is 13.9. The SMILES string of the molecule is C[C@@H]1C[C@@]23CC[C@@H]1CC2[C@@]1(C)CCCC(C)(C)[C@@H]1CC3. The average molecular weight is 274 g/mol. The van der Waals surface area contributed by atoms with Gasteiger partial charge in [-0.2, -0.15) is 0 Å². The van der Waals surface area contributed by atoms with Crippen molar-refractivity contribution in [2.75, 3.05) is 0 Å². The van der Waals surface area contributed by atoms with E-state index < -0.39 is 0 Å². The molecule has 0 amide bonds. The molecular weight excluding hydrogens is 240 g/mol. The fourth-order valence-electron chi connectivity index (χ4n) is 7.99. The first kappa shape index (κ1) is 13.6. The summed E-state index contributed by atoms with van der Waals surface area (Å²) in [5, 5.41) is 0. The maximum Gasteiger partial charge on any atom is -0.0259 e. The number of fused-ring (bicyclic) bond motifs is 3. The van der Waals surface area contributed by atoms with Crippen molar-refractivity contribution in [2.45, 2.75) is 85.5 Å². The highest BCUT2D eigenvalue weighted by Gasteiger charge is 2.63. The Hall–Kier alpha value is 0. The first-order valence-corrected chi connectivity index (χ1v) is 9.37. The van der Waals surface area contributed by atoms with Crippen molar-refractivity contribution >= 4 is 0 Å². The van der Waals surface area contributed by atoms with Crippen LogP contribution in [0.25, 0.3) is 0 Å². The van der Waals surface area contributed by atoms with Gasteiger partial charge in [-0.3, -0.25) is 0 Å². The van der Waals surface area contributed by atoms with Crippen LogP contribution in [0.2, 0.25) is 0 Å². The lowest BCUT2D eigenvalue weighted by Crippen LogP contribution is -2.60. The van der Waals surface area contributed by atoms with E-state index in [1.165, 1.54) is 25.7 Å². The molecule has 0 nitrogen and oxygen atoms in total. The van der Waals surface area contributed by atoms with Gasteiger partial charge in [0.05, 0.1) is 0 Å². The second-order valence-corrected chi connectivity index (χ2v) is 10.1. The van der Waals surface area contributed by atoms with Crippen LogP contribution in [0.4, 0.5) is 0 Å². The molecule has 0 N–H and O–H groups in total. The molecule has 5 rings (SSSR count). The molecule has 0 heterocycles. The summed E-state index contributed by atoms with van der Waals surface area (Å²) in [5.74, 6) is 4.18. The molecule has 0 aromatic heterocycles. The van der Waals surface area contributed by atoms with Crippen LogP contribution in [-0.2, 0) is 0 Å². The van der Waals surface area contributed by atoms with Crippen molar-refractivity contribution in [1.82, 2.24) is 0 Å². The summed E-state index contributed by atoms with van der Waals surface area (Å²) >= 11 is 0. The fraction of sp³-hybridized carbons (Fsp3) is 1.00. The Kier molecular flexibility index (Phi) is 2.76. The van der Waals surface area contributed by atoms with Crippen LogP contribution in [0.15, 0.2) is 0 Å². The van der Waals surface area contributed by atoms with Gasteiger partial charge in [-0.15, -0.1) is 0 Å². The van der Waals surface area contributed by atoms with E-state index in [0.29, 0.717) is 10.8 Å². The van der Waals surface area contributed by atoms with Gasteiger partial charge in [-0.05, 0) is 91.3 Å². The Morgan fingerprint density at radius 2 is 1.60 bits per heavy atom. The minimum atomic E-state index is 0.608. The van der Waals surface area contributed by atoms with Crippen molar-refractivity contribution < 1.29 is 0 Å². The highest BCUT2D eigenvalue weighted by Crippen LogP contribution is 2.72. The first-order chi connectivity index (χ1) is 9.37. The lowest BCUT2D eigenvalue weighted by Gasteiger charge is -2.68. The van der Waals surface area contributed by atoms with E-state index in [4.69, 9.17) is 0 Å². The van der Waals surface area contributed by atoms with E-state index in [9.17, 15) is 0 Å². The van der Waals surface area contributed by atoms with Crippen LogP contribution in [0.3, 0.4) is 0 Å². The van der Waals surface area contributed by atoms with Crippen LogP contribution in [0.1, 0.15) is 85.5 Å². The van der Waals surface area contributed by atoms with Crippen molar-refractivity contribution in [2.24, 2.45) is 39.9 Å². The normalized spacial score (nSPS) is 57.0. The third-order valence-corrected chi connectivity index (χ3v) is 8.83. The van der Waals surface area contributed by atoms with Gasteiger partial charge in [0, 0.05) is 0 Å². The van der Waals surface area contributed by atoms with Crippen molar-refractivity contribution in [1.29, 1.82) is 0 Å². The van der Waals surface area contributed by atoms with Gasteiger partial charge in [-0.25, -0.2) is 0 Å². The summed E-state index contributed by atoms with van der Waals surface area (Å²) in [6.45, 7) is 10.4. The van der Waals surface area contributed by atoms with E-state index in [-0.39, 0.29) is 0 Å². The monoisotopic (exact) mass is 274 g/mol. The lowest BCUT2D eigenvalue weighted by atomic mass is 9.36. The molecule has 1 unspecified atom stereocenters. The molecule has 0 aromatic carbocycles. The van der Waals surface area contributed by atoms with Crippen molar-refractivity contribution in [3.8, 4) is 0 Å². The standard InChI is InChI=1S/C20H34/c1-14-13-20-10-6-15(14)12-17(20)19(4)9-5-8-18(2,3)16(19)7-11-20/h14-17H,5-13H2,1-4H3/t14-,15-,16+,17?,19+,20+/m1/s1. The van der Waals surface area contributed by atoms with E-state index in [1.54, 1.807) is 32.1 Å². The van der Waals surface area contributed by atoms with Crippen LogP contribution >= 0.6 is 0 Å². The van der Waals surface area contributed by atoms with Gasteiger partial charge in [-0.1, -0.05) is 34.1 Å². The summed E-state index contributed by atoms with van der Waals surface area (Å²) in [6, 6.07) is 0. The maximum atomic E-state index is 2.72. The second kappa shape index (κ2) is 4.05. The zero-order chi connectivity index (χ0) is 14.2. The summed E-state index contributed by atoms with van der Waals surface area (Å²) in [5.41, 5.74) is 2.06. The van der Waals surface area contributed by atoms with Gasteiger partial charge < -0.3 is 0 Å². The van der Waals surface area contributed by atoms with Gasteiger partial charge in [0.2, 0.25) is 0 Å². The summed E-state index contributed by atoms with van der Waals surface area (Å²) < 4.78 is 0. The summed E-state index contributed by atoms with van der Waals surface area (Å²) in [7, 11) is 0. The molecule has 114 valence electrons. The van der Waals surface area contributed by atoms with Gasteiger partial charge in [0.15, 0.2) is 0 Å². The Labute approximate surface area is 126 Å². The Bertz CT molecular complexity index is 408. The predicted octanol–water partition coefficient (Wildman–Crippen LogP) is 6.06. The molecule has 5 fully saturated rings. The number of rotatable bonds is 0. The number of hydrogen-bond acceptors (Lipinski definition) is 0. The molecule has 5 aliphatic carbocycles. The lowest BCUT2D eigenvalue weighted by molar-refractivity contribution is -0.190. The molecule has 1 spiro atoms. The average Bonchev–Trinajstić information content (AvgIpc) is 2.37. The smallest absolute Gasteiger partial charge is 0.0259 e. The molecule has 0 saturated heterocycles. The molecule has 20 heavy (non-hydrogen) atoms. The van der Waals surface area contributed by atoms with Gasteiger partial charge >= 0.3 is 0 Å². The Balaban J connectivity index is 1.73. The van der Waals surface area contributed by atoms with Crippen molar-refractivity contribution in [3.05, 3.63) is 0 Å². The third kappa shape index (κ3) is 1.60. The zero-order valence-electron chi connectivity index (χ0n) is 14.2. The second-order valence-electron chi connectivity index (χ2n) is 10.1. The van der Waals surface area contributed by atoms with Gasteiger partial charge in [0.1, 0.15) is 0 Å². The molecule has 2 bridgehead atoms. The van der Waals surface area contributed by atoms with Crippen LogP contribution < -0.4 is 0 Å². The largest absolute Gasteiger partial charge is 0.0622 e. The van der Waals surface area contributed by atoms with E-state index in [1.807, 2.05) is 0 Å². The van der Waals surface area contributed by atoms with Crippen LogP contribution in [-0.4, -0.2) is 0 Å². The van der Waals surface area contributed by atoms with E-state index in [2.05, 4.69) is 27.7 Å². The summed E-state index contributed by atoms with van der Waals surface area (Å²) in [4.78, 5) is 0.